The first-order valence-electron chi connectivity index (χ1n) is 6.49. The molecule has 0 aliphatic rings. The van der Waals surface area contributed by atoms with Crippen LogP contribution in [-0.2, 0) is 16.4 Å². The van der Waals surface area contributed by atoms with Crippen molar-refractivity contribution in [2.75, 3.05) is 19.8 Å². The van der Waals surface area contributed by atoms with Gasteiger partial charge in [-0.3, -0.25) is 0 Å². The maximum absolute atomic E-state index is 12.0. The lowest BCUT2D eigenvalue weighted by atomic mass is 10.3. The van der Waals surface area contributed by atoms with Crippen molar-refractivity contribution < 1.29 is 18.3 Å². The molecule has 1 aromatic heterocycles. The Morgan fingerprint density at radius 2 is 1.90 bits per heavy atom. The fourth-order valence-electron chi connectivity index (χ4n) is 1.71. The van der Waals surface area contributed by atoms with Gasteiger partial charge in [0.25, 0.3) is 0 Å². The molecule has 2 aromatic rings. The zero-order chi connectivity index (χ0) is 15.1. The topological polar surface area (TPSA) is 75.6 Å². The fourth-order valence-corrected chi connectivity index (χ4v) is 3.64. The lowest BCUT2D eigenvalue weighted by Crippen LogP contribution is -2.25. The minimum absolute atomic E-state index is 0.0237. The van der Waals surface area contributed by atoms with E-state index in [0.717, 1.165) is 9.94 Å². The predicted octanol–water partition coefficient (Wildman–Crippen LogP) is 1.64. The van der Waals surface area contributed by atoms with Gasteiger partial charge in [0, 0.05) is 11.4 Å². The van der Waals surface area contributed by atoms with Gasteiger partial charge in [0.05, 0.1) is 11.5 Å². The van der Waals surface area contributed by atoms with Gasteiger partial charge < -0.3 is 9.84 Å². The first-order chi connectivity index (χ1) is 10.1. The van der Waals surface area contributed by atoms with Crippen molar-refractivity contribution in [2.24, 2.45) is 0 Å². The maximum Gasteiger partial charge on any atom is 0.240 e. The molecule has 0 saturated carbocycles. The monoisotopic (exact) mass is 327 g/mol. The molecule has 0 spiro atoms. The van der Waals surface area contributed by atoms with E-state index < -0.39 is 10.0 Å². The highest BCUT2D eigenvalue weighted by atomic mass is 32.2. The third kappa shape index (κ3) is 4.82. The van der Waals surface area contributed by atoms with Crippen LogP contribution in [0.3, 0.4) is 0 Å². The number of hydrogen-bond acceptors (Lipinski definition) is 5. The molecule has 0 atom stereocenters. The van der Waals surface area contributed by atoms with Crippen molar-refractivity contribution in [1.82, 2.24) is 4.72 Å². The smallest absolute Gasteiger partial charge is 0.240 e. The molecule has 21 heavy (non-hydrogen) atoms. The molecular formula is C14H17NO4S2. The molecule has 2 rings (SSSR count). The molecule has 1 aromatic carbocycles. The molecule has 0 aliphatic heterocycles. The van der Waals surface area contributed by atoms with Crippen LogP contribution in [0, 0.1) is 0 Å². The lowest BCUT2D eigenvalue weighted by molar-refractivity contribution is 0.205. The summed E-state index contributed by atoms with van der Waals surface area (Å²) in [4.78, 5) is 1.29. The molecule has 0 aliphatic carbocycles. The number of rotatable bonds is 8. The van der Waals surface area contributed by atoms with Gasteiger partial charge in [-0.25, -0.2) is 13.1 Å². The number of ether oxygens (including phenoxy) is 1. The summed E-state index contributed by atoms with van der Waals surface area (Å²) in [6.07, 6.45) is 0.596. The van der Waals surface area contributed by atoms with Crippen molar-refractivity contribution in [3.8, 4) is 5.06 Å². The van der Waals surface area contributed by atoms with Crippen LogP contribution in [0.15, 0.2) is 47.4 Å². The van der Waals surface area contributed by atoms with Gasteiger partial charge in [0.15, 0.2) is 5.06 Å². The number of hydrogen-bond donors (Lipinski definition) is 2. The van der Waals surface area contributed by atoms with Gasteiger partial charge in [-0.2, -0.15) is 0 Å². The van der Waals surface area contributed by atoms with Gasteiger partial charge in [-0.1, -0.05) is 18.2 Å². The van der Waals surface area contributed by atoms with E-state index in [4.69, 9.17) is 9.84 Å². The van der Waals surface area contributed by atoms with Gasteiger partial charge >= 0.3 is 0 Å². The van der Waals surface area contributed by atoms with Gasteiger partial charge in [0.1, 0.15) is 6.61 Å². The number of thiophene rings is 1. The van der Waals surface area contributed by atoms with Crippen molar-refractivity contribution in [1.29, 1.82) is 0 Å². The maximum atomic E-state index is 12.0. The van der Waals surface area contributed by atoms with Crippen molar-refractivity contribution >= 4 is 21.4 Å². The first kappa shape index (κ1) is 16.0. The molecule has 0 amide bonds. The van der Waals surface area contributed by atoms with E-state index in [0.29, 0.717) is 13.0 Å². The van der Waals surface area contributed by atoms with Crippen molar-refractivity contribution in [3.63, 3.8) is 0 Å². The molecule has 0 saturated heterocycles. The number of benzene rings is 1. The molecule has 0 unspecified atom stereocenters. The Morgan fingerprint density at radius 1 is 1.14 bits per heavy atom. The molecule has 114 valence electrons. The number of sulfonamides is 1. The Hall–Kier alpha value is -1.41. The summed E-state index contributed by atoms with van der Waals surface area (Å²) in [5.74, 6) is 0. The van der Waals surface area contributed by atoms with Crippen LogP contribution >= 0.6 is 11.3 Å². The van der Waals surface area contributed by atoms with Gasteiger partial charge in [-0.05, 0) is 30.7 Å². The minimum atomic E-state index is -3.45. The Bertz CT molecular complexity index is 653. The second kappa shape index (κ2) is 7.56. The zero-order valence-corrected chi connectivity index (χ0v) is 13.0. The quantitative estimate of drug-likeness (QED) is 0.773. The van der Waals surface area contributed by atoms with E-state index in [1.807, 2.05) is 12.1 Å². The second-order valence-corrected chi connectivity index (χ2v) is 7.15. The highest BCUT2D eigenvalue weighted by Crippen LogP contribution is 2.24. The number of nitrogens with one attached hydrogen (secondary N) is 1. The fraction of sp³-hybridized carbons (Fsp3) is 0.286. The molecule has 2 N–H and O–H groups in total. The number of aliphatic hydroxyl groups is 1. The summed E-state index contributed by atoms with van der Waals surface area (Å²) in [5.41, 5.74) is 0. The van der Waals surface area contributed by atoms with Crippen LogP contribution in [0.5, 0.6) is 5.06 Å². The van der Waals surface area contributed by atoms with E-state index in [2.05, 4.69) is 4.72 Å². The molecule has 5 nitrogen and oxygen atoms in total. The van der Waals surface area contributed by atoms with Crippen LogP contribution < -0.4 is 9.46 Å². The normalized spacial score (nSPS) is 11.5. The summed E-state index contributed by atoms with van der Waals surface area (Å²) in [6.45, 7) is 0.571. The zero-order valence-electron chi connectivity index (χ0n) is 11.4. The van der Waals surface area contributed by atoms with Crippen molar-refractivity contribution in [2.45, 2.75) is 11.3 Å². The van der Waals surface area contributed by atoms with Gasteiger partial charge in [0.2, 0.25) is 10.0 Å². The Labute approximate surface area is 128 Å². The molecule has 0 fully saturated rings. The van der Waals surface area contributed by atoms with E-state index in [1.165, 1.54) is 11.3 Å². The van der Waals surface area contributed by atoms with Crippen molar-refractivity contribution in [3.05, 3.63) is 47.3 Å². The predicted molar refractivity (Wildman–Crippen MR) is 82.2 cm³/mol. The van der Waals surface area contributed by atoms with Crippen LogP contribution in [0.1, 0.15) is 4.88 Å². The van der Waals surface area contributed by atoms with E-state index in [1.54, 1.807) is 30.3 Å². The SMILES string of the molecule is O=S(=O)(NCCc1ccc(OCCO)s1)c1ccccc1. The van der Waals surface area contributed by atoms with Crippen LogP contribution in [0.4, 0.5) is 0 Å². The Morgan fingerprint density at radius 3 is 2.62 bits per heavy atom. The van der Waals surface area contributed by atoms with E-state index in [-0.39, 0.29) is 18.1 Å². The summed E-state index contributed by atoms with van der Waals surface area (Å²) in [5, 5.41) is 9.40. The van der Waals surface area contributed by atoms with Crippen LogP contribution in [-0.4, -0.2) is 33.3 Å². The summed E-state index contributed by atoms with van der Waals surface area (Å²) < 4.78 is 31.9. The van der Waals surface area contributed by atoms with Gasteiger partial charge in [-0.15, -0.1) is 11.3 Å². The molecule has 0 radical (unpaired) electrons. The van der Waals surface area contributed by atoms with E-state index in [9.17, 15) is 8.42 Å². The third-order valence-electron chi connectivity index (χ3n) is 2.69. The van der Waals surface area contributed by atoms with Crippen LogP contribution in [0.25, 0.3) is 0 Å². The molecular weight excluding hydrogens is 310 g/mol. The lowest BCUT2D eigenvalue weighted by Gasteiger charge is -2.05. The molecule has 7 heteroatoms. The average Bonchev–Trinajstić information content (AvgIpc) is 2.94. The molecule has 0 bridgehead atoms. The number of aliphatic hydroxyl groups excluding tert-OH is 1. The largest absolute Gasteiger partial charge is 0.482 e. The first-order valence-corrected chi connectivity index (χ1v) is 8.79. The summed E-state index contributed by atoms with van der Waals surface area (Å²) >= 11 is 1.45. The minimum Gasteiger partial charge on any atom is -0.482 e. The highest BCUT2D eigenvalue weighted by Gasteiger charge is 2.12. The second-order valence-electron chi connectivity index (χ2n) is 4.25. The summed E-state index contributed by atoms with van der Waals surface area (Å²) in [7, 11) is -3.45. The molecule has 1 heterocycles. The standard InChI is InChI=1S/C14H17NO4S2/c16-10-11-19-14-7-6-12(20-14)8-9-15-21(17,18)13-4-2-1-3-5-13/h1-7,15-16H,8-11H2. The highest BCUT2D eigenvalue weighted by molar-refractivity contribution is 7.89. The Balaban J connectivity index is 1.85. The average molecular weight is 327 g/mol. The Kier molecular flexibility index (Phi) is 5.75. The third-order valence-corrected chi connectivity index (χ3v) is 5.22. The van der Waals surface area contributed by atoms with Crippen LogP contribution in [0.2, 0.25) is 0 Å². The summed E-state index contributed by atoms with van der Waals surface area (Å²) in [6, 6.07) is 12.0. The van der Waals surface area contributed by atoms with E-state index >= 15 is 0 Å².